The maximum atomic E-state index is 5.99. The Morgan fingerprint density at radius 3 is 2.10 bits per heavy atom. The Morgan fingerprint density at radius 1 is 0.857 bits per heavy atom. The lowest BCUT2D eigenvalue weighted by Crippen LogP contribution is -2.49. The third-order valence-corrected chi connectivity index (χ3v) is 3.44. The first-order chi connectivity index (χ1) is 9.99. The molecule has 0 saturated heterocycles. The van der Waals surface area contributed by atoms with Gasteiger partial charge in [0.05, 0.1) is 0 Å². The number of hydrogen-bond donors (Lipinski definition) is 7. The van der Waals surface area contributed by atoms with Crippen molar-refractivity contribution in [3.05, 3.63) is 0 Å². The number of rotatable bonds is 14. The molecule has 0 spiro atoms. The summed E-state index contributed by atoms with van der Waals surface area (Å²) < 4.78 is 0. The van der Waals surface area contributed by atoms with Crippen LogP contribution in [-0.2, 0) is 0 Å². The molecule has 0 rings (SSSR count). The van der Waals surface area contributed by atoms with Gasteiger partial charge in [-0.1, -0.05) is 0 Å². The summed E-state index contributed by atoms with van der Waals surface area (Å²) in [5.41, 5.74) is 29.5. The minimum absolute atomic E-state index is 0.175. The van der Waals surface area contributed by atoms with Crippen LogP contribution in [0.2, 0.25) is 0 Å². The van der Waals surface area contributed by atoms with Crippen molar-refractivity contribution in [2.75, 3.05) is 26.2 Å². The van der Waals surface area contributed by atoms with E-state index in [1.807, 2.05) is 6.92 Å². The van der Waals surface area contributed by atoms with Crippen LogP contribution in [0.25, 0.3) is 0 Å². The molecule has 11 N–H and O–H groups in total. The van der Waals surface area contributed by atoms with Gasteiger partial charge in [-0.15, -0.1) is 0 Å². The zero-order valence-electron chi connectivity index (χ0n) is 13.8. The van der Waals surface area contributed by atoms with Crippen LogP contribution in [0.4, 0.5) is 0 Å². The van der Waals surface area contributed by atoms with Crippen LogP contribution in [0.5, 0.6) is 0 Å². The molecule has 7 heteroatoms. The van der Waals surface area contributed by atoms with Gasteiger partial charge in [-0.25, -0.2) is 0 Å². The van der Waals surface area contributed by atoms with Crippen molar-refractivity contribution < 1.29 is 0 Å². The van der Waals surface area contributed by atoms with E-state index in [0.29, 0.717) is 25.2 Å². The van der Waals surface area contributed by atoms with E-state index in [-0.39, 0.29) is 12.1 Å². The van der Waals surface area contributed by atoms with E-state index in [2.05, 4.69) is 23.1 Å². The second-order valence-electron chi connectivity index (χ2n) is 6.00. The predicted molar refractivity (Wildman–Crippen MR) is 90.6 cm³/mol. The number of nitrogens with one attached hydrogen (secondary N) is 3. The van der Waals surface area contributed by atoms with Gasteiger partial charge in [-0.3, -0.25) is 10.9 Å². The van der Waals surface area contributed by atoms with Gasteiger partial charge in [-0.05, 0) is 52.6 Å². The van der Waals surface area contributed by atoms with Crippen LogP contribution < -0.4 is 39.1 Å². The van der Waals surface area contributed by atoms with Gasteiger partial charge >= 0.3 is 0 Å². The van der Waals surface area contributed by atoms with E-state index in [9.17, 15) is 0 Å². The monoisotopic (exact) mass is 303 g/mol. The smallest absolute Gasteiger partial charge is 0.0251 e. The number of hydrazine groups is 1. The molecule has 0 amide bonds. The molecule has 0 aromatic heterocycles. The Kier molecular flexibility index (Phi) is 13.2. The summed E-state index contributed by atoms with van der Waals surface area (Å²) in [5, 5.41) is 3.37. The fraction of sp³-hybridized carbons (Fsp3) is 1.00. The highest BCUT2D eigenvalue weighted by Crippen LogP contribution is 2.04. The highest BCUT2D eigenvalue weighted by atomic mass is 15.4. The van der Waals surface area contributed by atoms with Crippen LogP contribution in [0.15, 0.2) is 0 Å². The second kappa shape index (κ2) is 13.4. The highest BCUT2D eigenvalue weighted by Gasteiger charge is 2.10. The first-order valence-electron chi connectivity index (χ1n) is 8.12. The average molecular weight is 303 g/mol. The molecule has 4 unspecified atom stereocenters. The molecule has 0 heterocycles. The summed E-state index contributed by atoms with van der Waals surface area (Å²) in [5.74, 6) is 0. The first-order valence-corrected chi connectivity index (χ1v) is 8.12. The van der Waals surface area contributed by atoms with E-state index in [4.69, 9.17) is 22.9 Å². The lowest BCUT2D eigenvalue weighted by Gasteiger charge is -2.22. The van der Waals surface area contributed by atoms with Crippen LogP contribution in [0, 0.1) is 0 Å². The first kappa shape index (κ1) is 20.7. The number of nitrogens with two attached hydrogens (primary N) is 4. The third-order valence-electron chi connectivity index (χ3n) is 3.44. The minimum atomic E-state index is 0.175. The molecule has 0 radical (unpaired) electrons. The van der Waals surface area contributed by atoms with Crippen LogP contribution in [0.1, 0.15) is 39.5 Å². The Bertz CT molecular complexity index is 225. The van der Waals surface area contributed by atoms with Gasteiger partial charge in [0.15, 0.2) is 0 Å². The maximum Gasteiger partial charge on any atom is 0.0251 e. The van der Waals surface area contributed by atoms with Gasteiger partial charge in [0.2, 0.25) is 0 Å². The summed E-state index contributed by atoms with van der Waals surface area (Å²) in [4.78, 5) is 0. The van der Waals surface area contributed by atoms with Crippen LogP contribution in [0.3, 0.4) is 0 Å². The molecule has 0 aromatic carbocycles. The molecule has 4 atom stereocenters. The van der Waals surface area contributed by atoms with Gasteiger partial charge in [-0.2, -0.15) is 0 Å². The Labute approximate surface area is 129 Å². The standard InChI is InChI=1S/C14H37N7/c1-11(17)9-19-12(2)10-20-21-14(6-8-16)4-3-13(18)5-7-15/h11-14,19-21H,3-10,15-18H2,1-2H3. The Balaban J connectivity index is 3.82. The van der Waals surface area contributed by atoms with Gasteiger partial charge < -0.3 is 28.3 Å². The SMILES string of the molecule is CC(N)CNC(C)CNNC(CCN)CCC(N)CCN. The zero-order chi connectivity index (χ0) is 16.1. The van der Waals surface area contributed by atoms with E-state index in [1.165, 1.54) is 0 Å². The summed E-state index contributed by atoms with van der Waals surface area (Å²) in [6, 6.07) is 1.07. The normalized spacial score (nSPS) is 17.4. The quantitative estimate of drug-likeness (QED) is 0.195. The van der Waals surface area contributed by atoms with Crippen molar-refractivity contribution in [3.63, 3.8) is 0 Å². The number of hydrogen-bond acceptors (Lipinski definition) is 7. The van der Waals surface area contributed by atoms with Crippen LogP contribution in [-0.4, -0.2) is 50.3 Å². The largest absolute Gasteiger partial charge is 0.330 e. The molecule has 0 aliphatic rings. The van der Waals surface area contributed by atoms with Crippen molar-refractivity contribution in [1.82, 2.24) is 16.2 Å². The molecule has 0 aliphatic heterocycles. The Hall–Kier alpha value is -0.280. The average Bonchev–Trinajstić information content (AvgIpc) is 2.43. The van der Waals surface area contributed by atoms with Crippen LogP contribution >= 0.6 is 0 Å². The van der Waals surface area contributed by atoms with Gasteiger partial charge in [0.25, 0.3) is 0 Å². The molecule has 21 heavy (non-hydrogen) atoms. The highest BCUT2D eigenvalue weighted by molar-refractivity contribution is 4.72. The summed E-state index contributed by atoms with van der Waals surface area (Å²) in [7, 11) is 0. The lowest BCUT2D eigenvalue weighted by atomic mass is 10.0. The van der Waals surface area contributed by atoms with Gasteiger partial charge in [0, 0.05) is 37.3 Å². The molecular formula is C14H37N7. The van der Waals surface area contributed by atoms with Gasteiger partial charge in [0.1, 0.15) is 0 Å². The summed E-state index contributed by atoms with van der Waals surface area (Å²) in [6.45, 7) is 7.10. The molecule has 0 bridgehead atoms. The van der Waals surface area contributed by atoms with Crippen molar-refractivity contribution >= 4 is 0 Å². The molecule has 7 nitrogen and oxygen atoms in total. The molecular weight excluding hydrogens is 266 g/mol. The van der Waals surface area contributed by atoms with Crippen molar-refractivity contribution in [1.29, 1.82) is 0 Å². The lowest BCUT2D eigenvalue weighted by molar-refractivity contribution is 0.353. The predicted octanol–water partition coefficient (Wildman–Crippen LogP) is -1.42. The van der Waals surface area contributed by atoms with Crippen molar-refractivity contribution in [3.8, 4) is 0 Å². The molecule has 0 aliphatic carbocycles. The van der Waals surface area contributed by atoms with Crippen molar-refractivity contribution in [2.45, 2.75) is 63.7 Å². The Morgan fingerprint density at radius 2 is 1.52 bits per heavy atom. The van der Waals surface area contributed by atoms with Crippen molar-refractivity contribution in [2.24, 2.45) is 22.9 Å². The fourth-order valence-corrected chi connectivity index (χ4v) is 2.08. The fourth-order valence-electron chi connectivity index (χ4n) is 2.08. The van der Waals surface area contributed by atoms with E-state index in [1.54, 1.807) is 0 Å². The zero-order valence-corrected chi connectivity index (χ0v) is 13.8. The molecule has 0 aromatic rings. The molecule has 128 valence electrons. The summed E-state index contributed by atoms with van der Waals surface area (Å²) >= 11 is 0. The summed E-state index contributed by atoms with van der Waals surface area (Å²) in [6.07, 6.45) is 3.78. The topological polar surface area (TPSA) is 140 Å². The third kappa shape index (κ3) is 13.1. The van der Waals surface area contributed by atoms with E-state index >= 15 is 0 Å². The maximum absolute atomic E-state index is 5.99. The second-order valence-corrected chi connectivity index (χ2v) is 6.00. The van der Waals surface area contributed by atoms with E-state index in [0.717, 1.165) is 38.8 Å². The van der Waals surface area contributed by atoms with E-state index < -0.39 is 0 Å². The minimum Gasteiger partial charge on any atom is -0.330 e. The molecule has 0 fully saturated rings. The molecule has 0 saturated carbocycles.